The van der Waals surface area contributed by atoms with Gasteiger partial charge in [0.1, 0.15) is 0 Å². The zero-order chi connectivity index (χ0) is 18.2. The van der Waals surface area contributed by atoms with Crippen LogP contribution in [0.2, 0.25) is 5.02 Å². The van der Waals surface area contributed by atoms with Crippen molar-refractivity contribution in [2.24, 2.45) is 0 Å². The first-order valence-corrected chi connectivity index (χ1v) is 9.39. The minimum absolute atomic E-state index is 0.0548. The van der Waals surface area contributed by atoms with Crippen LogP contribution in [0.15, 0.2) is 53.4 Å². The summed E-state index contributed by atoms with van der Waals surface area (Å²) >= 11 is 7.45. The van der Waals surface area contributed by atoms with Crippen LogP contribution in [0.4, 0.5) is 5.69 Å². The van der Waals surface area contributed by atoms with E-state index in [-0.39, 0.29) is 17.9 Å². The molecule has 0 radical (unpaired) electrons. The molecule has 0 bridgehead atoms. The SMILES string of the molecule is CC(C)NC(=O)c1ccc(NC(=O)CCSc2ccc(Cl)cc2)cc1. The summed E-state index contributed by atoms with van der Waals surface area (Å²) in [5.74, 6) is 0.510. The van der Waals surface area contributed by atoms with Crippen LogP contribution in [-0.4, -0.2) is 23.6 Å². The van der Waals surface area contributed by atoms with Crippen LogP contribution >= 0.6 is 23.4 Å². The first kappa shape index (κ1) is 19.3. The van der Waals surface area contributed by atoms with Crippen LogP contribution in [0.3, 0.4) is 0 Å². The highest BCUT2D eigenvalue weighted by molar-refractivity contribution is 7.99. The van der Waals surface area contributed by atoms with E-state index in [1.54, 1.807) is 36.0 Å². The summed E-state index contributed by atoms with van der Waals surface area (Å²) in [6.07, 6.45) is 0.406. The van der Waals surface area contributed by atoms with Crippen molar-refractivity contribution in [2.75, 3.05) is 11.1 Å². The Morgan fingerprint density at radius 3 is 2.28 bits per heavy atom. The molecule has 0 unspecified atom stereocenters. The van der Waals surface area contributed by atoms with Gasteiger partial charge in [-0.15, -0.1) is 11.8 Å². The molecule has 0 fully saturated rings. The second kappa shape index (κ2) is 9.49. The van der Waals surface area contributed by atoms with Crippen LogP contribution < -0.4 is 10.6 Å². The van der Waals surface area contributed by atoms with Crippen LogP contribution in [0.5, 0.6) is 0 Å². The molecule has 0 aliphatic heterocycles. The van der Waals surface area contributed by atoms with Gasteiger partial charge in [0.05, 0.1) is 0 Å². The third-order valence-corrected chi connectivity index (χ3v) is 4.53. The summed E-state index contributed by atoms with van der Waals surface area (Å²) < 4.78 is 0. The fourth-order valence-electron chi connectivity index (χ4n) is 2.07. The summed E-state index contributed by atoms with van der Waals surface area (Å²) in [6.45, 7) is 3.82. The summed E-state index contributed by atoms with van der Waals surface area (Å²) in [5, 5.41) is 6.37. The Morgan fingerprint density at radius 1 is 1.04 bits per heavy atom. The van der Waals surface area contributed by atoms with Gasteiger partial charge in [-0.05, 0) is 62.4 Å². The van der Waals surface area contributed by atoms with Crippen LogP contribution in [-0.2, 0) is 4.79 Å². The molecular formula is C19H21ClN2O2S. The van der Waals surface area contributed by atoms with Crippen molar-refractivity contribution in [1.82, 2.24) is 5.32 Å². The molecule has 4 nitrogen and oxygen atoms in total. The van der Waals surface area contributed by atoms with Gasteiger partial charge in [-0.3, -0.25) is 9.59 Å². The molecule has 0 saturated carbocycles. The first-order chi connectivity index (χ1) is 11.9. The third kappa shape index (κ3) is 6.80. The molecule has 0 heterocycles. The largest absolute Gasteiger partial charge is 0.350 e. The Kier molecular flexibility index (Phi) is 7.34. The van der Waals surface area contributed by atoms with Gasteiger partial charge in [0.2, 0.25) is 5.91 Å². The number of hydrogen-bond donors (Lipinski definition) is 2. The molecule has 25 heavy (non-hydrogen) atoms. The monoisotopic (exact) mass is 376 g/mol. The van der Waals surface area contributed by atoms with E-state index in [0.29, 0.717) is 28.4 Å². The smallest absolute Gasteiger partial charge is 0.251 e. The minimum Gasteiger partial charge on any atom is -0.350 e. The van der Waals surface area contributed by atoms with Crippen molar-refractivity contribution in [3.8, 4) is 0 Å². The number of amides is 2. The van der Waals surface area contributed by atoms with E-state index >= 15 is 0 Å². The van der Waals surface area contributed by atoms with Gasteiger partial charge in [0.15, 0.2) is 0 Å². The Balaban J connectivity index is 1.78. The Bertz CT molecular complexity index is 715. The molecule has 0 aromatic heterocycles. The highest BCUT2D eigenvalue weighted by Gasteiger charge is 2.08. The lowest BCUT2D eigenvalue weighted by Crippen LogP contribution is -2.30. The van der Waals surface area contributed by atoms with Gasteiger partial charge in [0.25, 0.3) is 5.91 Å². The number of benzene rings is 2. The van der Waals surface area contributed by atoms with E-state index < -0.39 is 0 Å². The zero-order valence-electron chi connectivity index (χ0n) is 14.2. The van der Waals surface area contributed by atoms with Crippen LogP contribution in [0.1, 0.15) is 30.6 Å². The standard InChI is InChI=1S/C19H21ClN2O2S/c1-13(2)21-19(24)14-3-7-16(8-4-14)22-18(23)11-12-25-17-9-5-15(20)6-10-17/h3-10,13H,11-12H2,1-2H3,(H,21,24)(H,22,23). The van der Waals surface area contributed by atoms with E-state index in [0.717, 1.165) is 4.90 Å². The van der Waals surface area contributed by atoms with Gasteiger partial charge in [-0.1, -0.05) is 11.6 Å². The normalized spacial score (nSPS) is 10.6. The van der Waals surface area contributed by atoms with E-state index in [1.165, 1.54) is 0 Å². The number of carbonyl (C=O) groups excluding carboxylic acids is 2. The fraction of sp³-hybridized carbons (Fsp3) is 0.263. The summed E-state index contributed by atoms with van der Waals surface area (Å²) in [7, 11) is 0. The van der Waals surface area contributed by atoms with Crippen molar-refractivity contribution in [3.63, 3.8) is 0 Å². The van der Waals surface area contributed by atoms with Crippen molar-refractivity contribution < 1.29 is 9.59 Å². The van der Waals surface area contributed by atoms with Gasteiger partial charge in [0, 0.05) is 39.4 Å². The van der Waals surface area contributed by atoms with Crippen molar-refractivity contribution in [3.05, 3.63) is 59.1 Å². The average Bonchev–Trinajstić information content (AvgIpc) is 2.56. The Hall–Kier alpha value is -1.98. The predicted molar refractivity (Wildman–Crippen MR) is 104 cm³/mol. The molecule has 2 N–H and O–H groups in total. The molecule has 132 valence electrons. The minimum atomic E-state index is -0.118. The van der Waals surface area contributed by atoms with Gasteiger partial charge in [-0.2, -0.15) is 0 Å². The van der Waals surface area contributed by atoms with Crippen molar-refractivity contribution in [1.29, 1.82) is 0 Å². The average molecular weight is 377 g/mol. The number of nitrogens with one attached hydrogen (secondary N) is 2. The van der Waals surface area contributed by atoms with E-state index in [1.807, 2.05) is 38.1 Å². The van der Waals surface area contributed by atoms with E-state index in [4.69, 9.17) is 11.6 Å². The van der Waals surface area contributed by atoms with Gasteiger partial charge < -0.3 is 10.6 Å². The Morgan fingerprint density at radius 2 is 1.68 bits per heavy atom. The maximum atomic E-state index is 12.0. The molecule has 0 spiro atoms. The number of hydrogen-bond acceptors (Lipinski definition) is 3. The number of halogens is 1. The summed E-state index contributed by atoms with van der Waals surface area (Å²) in [5.41, 5.74) is 1.26. The lowest BCUT2D eigenvalue weighted by Gasteiger charge is -2.09. The third-order valence-electron chi connectivity index (χ3n) is 3.26. The maximum Gasteiger partial charge on any atom is 0.251 e. The van der Waals surface area contributed by atoms with E-state index in [9.17, 15) is 9.59 Å². The number of carbonyl (C=O) groups is 2. The Labute approximate surface area is 157 Å². The molecule has 0 aliphatic carbocycles. The molecule has 2 aromatic rings. The molecule has 0 atom stereocenters. The second-order valence-electron chi connectivity index (χ2n) is 5.81. The van der Waals surface area contributed by atoms with Crippen LogP contribution in [0, 0.1) is 0 Å². The van der Waals surface area contributed by atoms with E-state index in [2.05, 4.69) is 10.6 Å². The molecule has 0 aliphatic rings. The lowest BCUT2D eigenvalue weighted by atomic mass is 10.2. The summed E-state index contributed by atoms with van der Waals surface area (Å²) in [6, 6.07) is 14.5. The van der Waals surface area contributed by atoms with Crippen molar-refractivity contribution >= 4 is 40.9 Å². The molecule has 6 heteroatoms. The molecular weight excluding hydrogens is 356 g/mol. The number of anilines is 1. The number of thioether (sulfide) groups is 1. The topological polar surface area (TPSA) is 58.2 Å². The molecule has 2 amide bonds. The highest BCUT2D eigenvalue weighted by Crippen LogP contribution is 2.21. The lowest BCUT2D eigenvalue weighted by molar-refractivity contribution is -0.115. The van der Waals surface area contributed by atoms with Crippen molar-refractivity contribution in [2.45, 2.75) is 31.2 Å². The highest BCUT2D eigenvalue weighted by atomic mass is 35.5. The van der Waals surface area contributed by atoms with Gasteiger partial charge >= 0.3 is 0 Å². The predicted octanol–water partition coefficient (Wildman–Crippen LogP) is 4.60. The quantitative estimate of drug-likeness (QED) is 0.694. The fourth-order valence-corrected chi connectivity index (χ4v) is 3.04. The second-order valence-corrected chi connectivity index (χ2v) is 7.41. The molecule has 0 saturated heterocycles. The van der Waals surface area contributed by atoms with Gasteiger partial charge in [-0.25, -0.2) is 0 Å². The first-order valence-electron chi connectivity index (χ1n) is 8.03. The summed E-state index contributed by atoms with van der Waals surface area (Å²) in [4.78, 5) is 25.0. The van der Waals surface area contributed by atoms with Crippen LogP contribution in [0.25, 0.3) is 0 Å². The maximum absolute atomic E-state index is 12.0. The number of rotatable bonds is 7. The zero-order valence-corrected chi connectivity index (χ0v) is 15.8. The molecule has 2 aromatic carbocycles. The molecule has 2 rings (SSSR count).